The highest BCUT2D eigenvalue weighted by Gasteiger charge is 2.16. The molecule has 1 amide bonds. The second kappa shape index (κ2) is 6.60. The van der Waals surface area contributed by atoms with Gasteiger partial charge in [-0.05, 0) is 23.5 Å². The van der Waals surface area contributed by atoms with Gasteiger partial charge in [0.1, 0.15) is 5.75 Å². The van der Waals surface area contributed by atoms with Crippen molar-refractivity contribution in [1.82, 2.24) is 5.32 Å². The Labute approximate surface area is 116 Å². The Bertz CT molecular complexity index is 433. The van der Waals surface area contributed by atoms with Gasteiger partial charge in [0.2, 0.25) is 5.91 Å². The fourth-order valence-corrected chi connectivity index (χ4v) is 1.93. The second-order valence-corrected chi connectivity index (χ2v) is 6.01. The van der Waals surface area contributed by atoms with Crippen molar-refractivity contribution in [2.75, 3.05) is 7.11 Å². The Hall–Kier alpha value is -1.51. The molecule has 0 spiro atoms. The first-order chi connectivity index (χ1) is 8.85. The minimum Gasteiger partial charge on any atom is -0.496 e. The van der Waals surface area contributed by atoms with Crippen LogP contribution < -0.4 is 10.1 Å². The maximum atomic E-state index is 11.8. The maximum absolute atomic E-state index is 11.8. The fraction of sp³-hybridized carbons (Fsp3) is 0.562. The van der Waals surface area contributed by atoms with Gasteiger partial charge in [0.15, 0.2) is 0 Å². The number of rotatable bonds is 5. The van der Waals surface area contributed by atoms with E-state index in [2.05, 4.69) is 45.1 Å². The Morgan fingerprint density at radius 1 is 1.32 bits per heavy atom. The summed E-state index contributed by atoms with van der Waals surface area (Å²) in [6.07, 6.45) is 1.51. The van der Waals surface area contributed by atoms with Crippen molar-refractivity contribution < 1.29 is 9.53 Å². The Kier molecular flexibility index (Phi) is 5.40. The van der Waals surface area contributed by atoms with Gasteiger partial charge < -0.3 is 10.1 Å². The van der Waals surface area contributed by atoms with Crippen molar-refractivity contribution in [3.05, 3.63) is 29.3 Å². The van der Waals surface area contributed by atoms with E-state index in [-0.39, 0.29) is 11.3 Å². The normalized spacial score (nSPS) is 11.2. The average Bonchev–Trinajstić information content (AvgIpc) is 2.33. The van der Waals surface area contributed by atoms with Crippen LogP contribution in [0.25, 0.3) is 0 Å². The number of hydrogen-bond donors (Lipinski definition) is 1. The van der Waals surface area contributed by atoms with Crippen molar-refractivity contribution >= 4 is 5.91 Å². The number of hydrogen-bond acceptors (Lipinski definition) is 2. The van der Waals surface area contributed by atoms with Crippen LogP contribution in [0.1, 0.15) is 45.2 Å². The maximum Gasteiger partial charge on any atom is 0.220 e. The van der Waals surface area contributed by atoms with E-state index >= 15 is 0 Å². The number of benzene rings is 1. The molecule has 1 aromatic rings. The molecule has 0 atom stereocenters. The van der Waals surface area contributed by atoms with Crippen LogP contribution in [0.5, 0.6) is 5.75 Å². The second-order valence-electron chi connectivity index (χ2n) is 6.01. The van der Waals surface area contributed by atoms with E-state index in [1.807, 2.05) is 6.07 Å². The van der Waals surface area contributed by atoms with Crippen LogP contribution in [0.2, 0.25) is 0 Å². The smallest absolute Gasteiger partial charge is 0.220 e. The molecule has 19 heavy (non-hydrogen) atoms. The Morgan fingerprint density at radius 3 is 2.53 bits per heavy atom. The lowest BCUT2D eigenvalue weighted by Gasteiger charge is -2.18. The zero-order chi connectivity index (χ0) is 14.5. The first-order valence-corrected chi connectivity index (χ1v) is 6.78. The molecule has 0 bridgehead atoms. The highest BCUT2D eigenvalue weighted by Crippen LogP contribution is 2.21. The van der Waals surface area contributed by atoms with Gasteiger partial charge in [-0.1, -0.05) is 39.8 Å². The van der Waals surface area contributed by atoms with Gasteiger partial charge in [-0.15, -0.1) is 0 Å². The fourth-order valence-electron chi connectivity index (χ4n) is 1.93. The molecule has 0 heterocycles. The third-order valence-electron chi connectivity index (χ3n) is 2.92. The van der Waals surface area contributed by atoms with Crippen LogP contribution in [-0.4, -0.2) is 13.0 Å². The lowest BCUT2D eigenvalue weighted by Crippen LogP contribution is -2.27. The lowest BCUT2D eigenvalue weighted by atomic mass is 9.92. The van der Waals surface area contributed by atoms with E-state index in [9.17, 15) is 4.79 Å². The molecule has 0 aliphatic rings. The Morgan fingerprint density at radius 2 is 2.00 bits per heavy atom. The molecule has 0 saturated carbocycles. The molecule has 3 heteroatoms. The Balaban J connectivity index is 2.68. The lowest BCUT2D eigenvalue weighted by molar-refractivity contribution is -0.122. The van der Waals surface area contributed by atoms with Crippen LogP contribution in [0.15, 0.2) is 18.2 Å². The molecule has 3 nitrogen and oxygen atoms in total. The largest absolute Gasteiger partial charge is 0.496 e. The summed E-state index contributed by atoms with van der Waals surface area (Å²) in [5, 5.41) is 2.96. The number of carbonyl (C=O) groups is 1. The van der Waals surface area contributed by atoms with E-state index in [1.165, 1.54) is 5.56 Å². The first-order valence-electron chi connectivity index (χ1n) is 6.78. The van der Waals surface area contributed by atoms with Crippen molar-refractivity contribution in [3.8, 4) is 5.75 Å². The van der Waals surface area contributed by atoms with E-state index in [4.69, 9.17) is 4.74 Å². The molecule has 0 unspecified atom stereocenters. The molecule has 0 radical (unpaired) electrons. The zero-order valence-electron chi connectivity index (χ0n) is 12.7. The van der Waals surface area contributed by atoms with Gasteiger partial charge in [0.05, 0.1) is 7.11 Å². The van der Waals surface area contributed by atoms with Crippen LogP contribution in [0, 0.1) is 5.41 Å². The van der Waals surface area contributed by atoms with Crippen molar-refractivity contribution in [3.63, 3.8) is 0 Å². The third-order valence-corrected chi connectivity index (χ3v) is 2.92. The minimum absolute atomic E-state index is 0.0133. The molecule has 0 aromatic heterocycles. The average molecular weight is 263 g/mol. The molecule has 0 aliphatic heterocycles. The minimum atomic E-state index is 0.0133. The molecular weight excluding hydrogens is 238 g/mol. The van der Waals surface area contributed by atoms with Crippen LogP contribution >= 0.6 is 0 Å². The van der Waals surface area contributed by atoms with E-state index in [0.29, 0.717) is 13.0 Å². The quantitative estimate of drug-likeness (QED) is 0.885. The van der Waals surface area contributed by atoms with Crippen molar-refractivity contribution in [2.24, 2.45) is 5.41 Å². The topological polar surface area (TPSA) is 38.3 Å². The molecule has 0 saturated heterocycles. The third kappa shape index (κ3) is 5.33. The number of carbonyl (C=O) groups excluding carboxylic acids is 1. The van der Waals surface area contributed by atoms with Gasteiger partial charge in [0, 0.05) is 18.5 Å². The summed E-state index contributed by atoms with van der Waals surface area (Å²) < 4.78 is 5.33. The van der Waals surface area contributed by atoms with E-state index in [0.717, 1.165) is 17.7 Å². The predicted molar refractivity (Wildman–Crippen MR) is 78.3 cm³/mol. The summed E-state index contributed by atoms with van der Waals surface area (Å²) in [4.78, 5) is 11.8. The number of nitrogens with one attached hydrogen (secondary N) is 1. The van der Waals surface area contributed by atoms with Crippen LogP contribution in [0.3, 0.4) is 0 Å². The molecule has 1 aromatic carbocycles. The predicted octanol–water partition coefficient (Wildman–Crippen LogP) is 3.31. The number of aryl methyl sites for hydroxylation is 1. The summed E-state index contributed by atoms with van der Waals surface area (Å²) in [5.41, 5.74) is 2.30. The van der Waals surface area contributed by atoms with E-state index in [1.54, 1.807) is 7.11 Å². The van der Waals surface area contributed by atoms with Crippen molar-refractivity contribution in [1.29, 1.82) is 0 Å². The van der Waals surface area contributed by atoms with Gasteiger partial charge >= 0.3 is 0 Å². The molecular formula is C16H25NO2. The summed E-state index contributed by atoms with van der Waals surface area (Å²) in [7, 11) is 1.65. The van der Waals surface area contributed by atoms with Gasteiger partial charge in [-0.3, -0.25) is 4.79 Å². The summed E-state index contributed by atoms with van der Waals surface area (Å²) in [6, 6.07) is 6.11. The molecule has 1 N–H and O–H groups in total. The van der Waals surface area contributed by atoms with Gasteiger partial charge in [-0.25, -0.2) is 0 Å². The molecule has 0 fully saturated rings. The molecule has 0 aliphatic carbocycles. The van der Waals surface area contributed by atoms with Crippen LogP contribution in [0.4, 0.5) is 0 Å². The SMILES string of the molecule is CCc1ccc(OC)c(CNC(=O)CC(C)(C)C)c1. The number of ether oxygens (including phenoxy) is 1. The number of amides is 1. The highest BCUT2D eigenvalue weighted by atomic mass is 16.5. The van der Waals surface area contributed by atoms with Crippen molar-refractivity contribution in [2.45, 2.75) is 47.1 Å². The standard InChI is InChI=1S/C16H25NO2/c1-6-12-7-8-14(19-5)13(9-12)11-17-15(18)10-16(2,3)4/h7-9H,6,10-11H2,1-5H3,(H,17,18). The van der Waals surface area contributed by atoms with Crippen LogP contribution in [-0.2, 0) is 17.8 Å². The molecule has 1 rings (SSSR count). The van der Waals surface area contributed by atoms with E-state index < -0.39 is 0 Å². The molecule has 106 valence electrons. The highest BCUT2D eigenvalue weighted by molar-refractivity contribution is 5.76. The number of methoxy groups -OCH3 is 1. The monoisotopic (exact) mass is 263 g/mol. The van der Waals surface area contributed by atoms with Gasteiger partial charge in [-0.2, -0.15) is 0 Å². The first kappa shape index (κ1) is 15.5. The van der Waals surface area contributed by atoms with Gasteiger partial charge in [0.25, 0.3) is 0 Å². The zero-order valence-corrected chi connectivity index (χ0v) is 12.7. The summed E-state index contributed by atoms with van der Waals surface area (Å²) in [6.45, 7) is 8.82. The summed E-state index contributed by atoms with van der Waals surface area (Å²) in [5.74, 6) is 0.907. The summed E-state index contributed by atoms with van der Waals surface area (Å²) >= 11 is 0.